The lowest BCUT2D eigenvalue weighted by Gasteiger charge is -2.10. The van der Waals surface area contributed by atoms with Crippen LogP contribution in [0.15, 0.2) is 46.9 Å². The molecule has 3 nitrogen and oxygen atoms in total. The number of rotatable bonds is 5. The zero-order chi connectivity index (χ0) is 13.7. The first-order valence-corrected chi connectivity index (χ1v) is 6.82. The minimum absolute atomic E-state index is 0.490. The van der Waals surface area contributed by atoms with Gasteiger partial charge in [0, 0.05) is 5.69 Å². The van der Waals surface area contributed by atoms with Crippen molar-refractivity contribution in [3.8, 4) is 11.5 Å². The van der Waals surface area contributed by atoms with E-state index in [1.807, 2.05) is 49.4 Å². The summed E-state index contributed by atoms with van der Waals surface area (Å²) in [5, 5.41) is 0. The summed E-state index contributed by atoms with van der Waals surface area (Å²) in [6.07, 6.45) is 0. The number of halogens is 1. The van der Waals surface area contributed by atoms with Gasteiger partial charge >= 0.3 is 0 Å². The second-order valence-electron chi connectivity index (χ2n) is 4.20. The van der Waals surface area contributed by atoms with Crippen molar-refractivity contribution >= 4 is 21.6 Å². The molecule has 0 aliphatic carbocycles. The number of ether oxygens (including phenoxy) is 2. The first-order chi connectivity index (χ1) is 9.15. The molecule has 0 saturated heterocycles. The SMILES string of the molecule is Cc1ccc(OCCOc2ccc(N)cc2)c(Br)c1. The van der Waals surface area contributed by atoms with Crippen LogP contribution in [-0.2, 0) is 0 Å². The Labute approximate surface area is 121 Å². The van der Waals surface area contributed by atoms with E-state index in [2.05, 4.69) is 15.9 Å². The highest BCUT2D eigenvalue weighted by Gasteiger charge is 2.01. The average Bonchev–Trinajstić information content (AvgIpc) is 2.39. The molecule has 0 saturated carbocycles. The topological polar surface area (TPSA) is 44.5 Å². The Morgan fingerprint density at radius 3 is 2.37 bits per heavy atom. The molecule has 19 heavy (non-hydrogen) atoms. The number of anilines is 1. The van der Waals surface area contributed by atoms with Gasteiger partial charge in [0.15, 0.2) is 0 Å². The van der Waals surface area contributed by atoms with E-state index in [0.29, 0.717) is 13.2 Å². The predicted octanol–water partition coefficient (Wildman–Crippen LogP) is 3.80. The van der Waals surface area contributed by atoms with Gasteiger partial charge in [-0.15, -0.1) is 0 Å². The van der Waals surface area contributed by atoms with Gasteiger partial charge in [-0.3, -0.25) is 0 Å². The standard InChI is InChI=1S/C15H16BrNO2/c1-11-2-7-15(14(16)10-11)19-9-8-18-13-5-3-12(17)4-6-13/h2-7,10H,8-9,17H2,1H3. The molecule has 0 aliphatic rings. The van der Waals surface area contributed by atoms with Crippen LogP contribution in [0.4, 0.5) is 5.69 Å². The van der Waals surface area contributed by atoms with Crippen molar-refractivity contribution in [2.75, 3.05) is 18.9 Å². The summed E-state index contributed by atoms with van der Waals surface area (Å²) in [6, 6.07) is 13.3. The normalized spacial score (nSPS) is 10.2. The number of hydrogen-bond donors (Lipinski definition) is 1. The fraction of sp³-hybridized carbons (Fsp3) is 0.200. The lowest BCUT2D eigenvalue weighted by molar-refractivity contribution is 0.216. The molecule has 0 amide bonds. The van der Waals surface area contributed by atoms with Gasteiger partial charge in [-0.1, -0.05) is 6.07 Å². The van der Waals surface area contributed by atoms with Crippen LogP contribution in [0.1, 0.15) is 5.56 Å². The lowest BCUT2D eigenvalue weighted by Crippen LogP contribution is -2.09. The van der Waals surface area contributed by atoms with E-state index < -0.39 is 0 Å². The van der Waals surface area contributed by atoms with Gasteiger partial charge in [0.25, 0.3) is 0 Å². The molecule has 2 aromatic carbocycles. The van der Waals surface area contributed by atoms with Crippen molar-refractivity contribution in [2.45, 2.75) is 6.92 Å². The maximum atomic E-state index is 5.64. The number of nitrogens with two attached hydrogens (primary N) is 1. The fourth-order valence-corrected chi connectivity index (χ4v) is 2.21. The zero-order valence-corrected chi connectivity index (χ0v) is 12.3. The first-order valence-electron chi connectivity index (χ1n) is 6.02. The van der Waals surface area contributed by atoms with Crippen molar-refractivity contribution in [1.29, 1.82) is 0 Å². The van der Waals surface area contributed by atoms with E-state index in [4.69, 9.17) is 15.2 Å². The molecule has 0 bridgehead atoms. The van der Waals surface area contributed by atoms with Crippen LogP contribution in [0.2, 0.25) is 0 Å². The Bertz CT molecular complexity index is 540. The predicted molar refractivity (Wildman–Crippen MR) is 80.7 cm³/mol. The highest BCUT2D eigenvalue weighted by Crippen LogP contribution is 2.25. The van der Waals surface area contributed by atoms with Crippen molar-refractivity contribution in [3.63, 3.8) is 0 Å². The summed E-state index contributed by atoms with van der Waals surface area (Å²) >= 11 is 3.47. The van der Waals surface area contributed by atoms with Gasteiger partial charge in [0.05, 0.1) is 4.47 Å². The van der Waals surface area contributed by atoms with Gasteiger partial charge < -0.3 is 15.2 Å². The van der Waals surface area contributed by atoms with Crippen LogP contribution in [0.3, 0.4) is 0 Å². The molecule has 100 valence electrons. The molecule has 0 radical (unpaired) electrons. The molecule has 2 aromatic rings. The van der Waals surface area contributed by atoms with Crippen LogP contribution >= 0.6 is 15.9 Å². The first kappa shape index (κ1) is 13.7. The Morgan fingerprint density at radius 1 is 1.00 bits per heavy atom. The molecule has 0 spiro atoms. The number of nitrogen functional groups attached to an aromatic ring is 1. The molecular weight excluding hydrogens is 306 g/mol. The molecule has 2 rings (SSSR count). The van der Waals surface area contributed by atoms with Crippen molar-refractivity contribution < 1.29 is 9.47 Å². The third kappa shape index (κ3) is 4.17. The smallest absolute Gasteiger partial charge is 0.133 e. The summed E-state index contributed by atoms with van der Waals surface area (Å²) in [7, 11) is 0. The lowest BCUT2D eigenvalue weighted by atomic mass is 10.2. The van der Waals surface area contributed by atoms with Crippen molar-refractivity contribution in [1.82, 2.24) is 0 Å². The van der Waals surface area contributed by atoms with Crippen LogP contribution in [0, 0.1) is 6.92 Å². The molecule has 2 N–H and O–H groups in total. The van der Waals surface area contributed by atoms with Crippen LogP contribution in [0.5, 0.6) is 11.5 Å². The number of aryl methyl sites for hydroxylation is 1. The monoisotopic (exact) mass is 321 g/mol. The van der Waals surface area contributed by atoms with Crippen LogP contribution in [-0.4, -0.2) is 13.2 Å². The summed E-state index contributed by atoms with van der Waals surface area (Å²) in [5.74, 6) is 1.62. The second-order valence-corrected chi connectivity index (χ2v) is 5.05. The minimum Gasteiger partial charge on any atom is -0.490 e. The van der Waals surface area contributed by atoms with Crippen LogP contribution < -0.4 is 15.2 Å². The summed E-state index contributed by atoms with van der Waals surface area (Å²) in [6.45, 7) is 3.02. The average molecular weight is 322 g/mol. The Morgan fingerprint density at radius 2 is 1.68 bits per heavy atom. The van der Waals surface area contributed by atoms with Gasteiger partial charge in [0.2, 0.25) is 0 Å². The molecule has 0 fully saturated rings. The molecule has 0 heterocycles. The maximum Gasteiger partial charge on any atom is 0.133 e. The summed E-state index contributed by atoms with van der Waals surface area (Å²) in [5.41, 5.74) is 7.52. The second kappa shape index (κ2) is 6.48. The summed E-state index contributed by atoms with van der Waals surface area (Å²) in [4.78, 5) is 0. The van der Waals surface area contributed by atoms with Crippen molar-refractivity contribution in [2.24, 2.45) is 0 Å². The zero-order valence-electron chi connectivity index (χ0n) is 10.7. The molecule has 0 aliphatic heterocycles. The fourth-order valence-electron chi connectivity index (χ4n) is 1.60. The van der Waals surface area contributed by atoms with Gasteiger partial charge in [-0.05, 0) is 64.8 Å². The van der Waals surface area contributed by atoms with Gasteiger partial charge in [0.1, 0.15) is 24.7 Å². The summed E-state index contributed by atoms with van der Waals surface area (Å²) < 4.78 is 12.1. The highest BCUT2D eigenvalue weighted by atomic mass is 79.9. The Balaban J connectivity index is 1.79. The Hall–Kier alpha value is -1.68. The third-order valence-electron chi connectivity index (χ3n) is 2.58. The van der Waals surface area contributed by atoms with E-state index in [9.17, 15) is 0 Å². The number of hydrogen-bond acceptors (Lipinski definition) is 3. The maximum absolute atomic E-state index is 5.64. The quantitative estimate of drug-likeness (QED) is 0.673. The van der Waals surface area contributed by atoms with E-state index >= 15 is 0 Å². The van der Waals surface area contributed by atoms with E-state index in [1.165, 1.54) is 5.56 Å². The van der Waals surface area contributed by atoms with Gasteiger partial charge in [-0.25, -0.2) is 0 Å². The molecule has 0 unspecified atom stereocenters. The molecule has 0 aromatic heterocycles. The number of benzene rings is 2. The van der Waals surface area contributed by atoms with E-state index in [1.54, 1.807) is 0 Å². The highest BCUT2D eigenvalue weighted by molar-refractivity contribution is 9.10. The Kier molecular flexibility index (Phi) is 4.68. The minimum atomic E-state index is 0.490. The van der Waals surface area contributed by atoms with Gasteiger partial charge in [-0.2, -0.15) is 0 Å². The van der Waals surface area contributed by atoms with Crippen LogP contribution in [0.25, 0.3) is 0 Å². The van der Waals surface area contributed by atoms with E-state index in [-0.39, 0.29) is 0 Å². The largest absolute Gasteiger partial charge is 0.490 e. The third-order valence-corrected chi connectivity index (χ3v) is 3.20. The molecule has 0 atom stereocenters. The molecular formula is C15H16BrNO2. The van der Waals surface area contributed by atoms with E-state index in [0.717, 1.165) is 21.7 Å². The molecule has 4 heteroatoms. The van der Waals surface area contributed by atoms with Crippen molar-refractivity contribution in [3.05, 3.63) is 52.5 Å².